The van der Waals surface area contributed by atoms with Gasteiger partial charge >= 0.3 is 5.63 Å². The Morgan fingerprint density at radius 2 is 1.93 bits per heavy atom. The van der Waals surface area contributed by atoms with Crippen LogP contribution in [-0.4, -0.2) is 18.6 Å². The van der Waals surface area contributed by atoms with Crippen LogP contribution in [0.25, 0.3) is 11.0 Å². The number of para-hydroxylation sites is 2. The van der Waals surface area contributed by atoms with E-state index >= 15 is 0 Å². The number of rotatable bonds is 6. The first-order chi connectivity index (χ1) is 13.0. The molecule has 1 heterocycles. The fourth-order valence-electron chi connectivity index (χ4n) is 2.72. The lowest BCUT2D eigenvalue weighted by Crippen LogP contribution is -2.16. The number of ether oxygens (including phenoxy) is 2. The van der Waals surface area contributed by atoms with Crippen molar-refractivity contribution in [2.45, 2.75) is 26.9 Å². The molecule has 0 radical (unpaired) electrons. The summed E-state index contributed by atoms with van der Waals surface area (Å²) in [6.45, 7) is 6.15. The molecule has 6 heteroatoms. The highest BCUT2D eigenvalue weighted by atomic mass is 16.5. The molecule has 0 saturated carbocycles. The molecular formula is C21H21NO5. The molecule has 6 nitrogen and oxygen atoms in total. The smallest absolute Gasteiger partial charge is 0.337 e. The van der Waals surface area contributed by atoms with Gasteiger partial charge in [-0.1, -0.05) is 12.1 Å². The Morgan fingerprint density at radius 1 is 1.15 bits per heavy atom. The average Bonchev–Trinajstić information content (AvgIpc) is 2.62. The molecule has 0 fully saturated rings. The SMILES string of the molecule is CCOc1ccccc1NC(=O)c1cc(=O)oc2cc(OC(C)C)ccc12. The van der Waals surface area contributed by atoms with Gasteiger partial charge in [-0.05, 0) is 45.0 Å². The van der Waals surface area contributed by atoms with E-state index in [1.165, 1.54) is 6.07 Å². The maximum Gasteiger partial charge on any atom is 0.337 e. The maximum absolute atomic E-state index is 12.8. The normalized spacial score (nSPS) is 10.8. The fourth-order valence-corrected chi connectivity index (χ4v) is 2.72. The van der Waals surface area contributed by atoms with Gasteiger partial charge in [-0.15, -0.1) is 0 Å². The van der Waals surface area contributed by atoms with Gasteiger partial charge in [-0.2, -0.15) is 0 Å². The van der Waals surface area contributed by atoms with E-state index in [1.807, 2.05) is 26.8 Å². The summed E-state index contributed by atoms with van der Waals surface area (Å²) in [7, 11) is 0. The van der Waals surface area contributed by atoms with Crippen LogP contribution in [0.15, 0.2) is 57.7 Å². The minimum atomic E-state index is -0.604. The first kappa shape index (κ1) is 18.5. The lowest BCUT2D eigenvalue weighted by molar-refractivity contribution is 0.102. The second-order valence-electron chi connectivity index (χ2n) is 6.19. The Morgan fingerprint density at radius 3 is 2.67 bits per heavy atom. The van der Waals surface area contributed by atoms with Crippen LogP contribution < -0.4 is 20.4 Å². The van der Waals surface area contributed by atoms with Crippen molar-refractivity contribution in [2.75, 3.05) is 11.9 Å². The third kappa shape index (κ3) is 4.28. The van der Waals surface area contributed by atoms with Crippen molar-refractivity contribution in [1.29, 1.82) is 0 Å². The van der Waals surface area contributed by atoms with Gasteiger partial charge in [0.15, 0.2) is 0 Å². The summed E-state index contributed by atoms with van der Waals surface area (Å²) >= 11 is 0. The van der Waals surface area contributed by atoms with Crippen molar-refractivity contribution in [1.82, 2.24) is 0 Å². The van der Waals surface area contributed by atoms with Crippen molar-refractivity contribution < 1.29 is 18.7 Å². The molecule has 0 saturated heterocycles. The predicted octanol–water partition coefficient (Wildman–Crippen LogP) is 4.23. The molecule has 0 unspecified atom stereocenters. The Kier molecular flexibility index (Phi) is 5.45. The molecular weight excluding hydrogens is 346 g/mol. The van der Waals surface area contributed by atoms with E-state index in [0.29, 0.717) is 34.8 Å². The fraction of sp³-hybridized carbons (Fsp3) is 0.238. The maximum atomic E-state index is 12.8. The van der Waals surface area contributed by atoms with Crippen molar-refractivity contribution in [3.8, 4) is 11.5 Å². The summed E-state index contributed by atoms with van der Waals surface area (Å²) in [5, 5.41) is 3.33. The number of hydrogen-bond donors (Lipinski definition) is 1. The topological polar surface area (TPSA) is 77.8 Å². The van der Waals surface area contributed by atoms with Crippen molar-refractivity contribution >= 4 is 22.6 Å². The second-order valence-corrected chi connectivity index (χ2v) is 6.19. The molecule has 3 rings (SSSR count). The standard InChI is InChI=1S/C21H21NO5/c1-4-25-18-8-6-5-7-17(18)22-21(24)16-12-20(23)27-19-11-14(26-13(2)3)9-10-15(16)19/h5-13H,4H2,1-3H3,(H,22,24). The van der Waals surface area contributed by atoms with Crippen LogP contribution in [-0.2, 0) is 0 Å². The molecule has 0 atom stereocenters. The van der Waals surface area contributed by atoms with Gasteiger partial charge in [-0.25, -0.2) is 4.79 Å². The predicted molar refractivity (Wildman–Crippen MR) is 104 cm³/mol. The van der Waals surface area contributed by atoms with Gasteiger partial charge in [0.05, 0.1) is 24.0 Å². The van der Waals surface area contributed by atoms with Crippen molar-refractivity contribution in [3.63, 3.8) is 0 Å². The minimum absolute atomic E-state index is 0.0179. The Balaban J connectivity index is 1.98. The molecule has 1 aromatic heterocycles. The van der Waals surface area contributed by atoms with E-state index in [0.717, 1.165) is 0 Å². The lowest BCUT2D eigenvalue weighted by Gasteiger charge is -2.13. The molecule has 3 aromatic rings. The summed E-state index contributed by atoms with van der Waals surface area (Å²) in [6.07, 6.45) is -0.0179. The summed E-state index contributed by atoms with van der Waals surface area (Å²) in [5.74, 6) is 0.714. The van der Waals surface area contributed by atoms with Crippen LogP contribution in [0.4, 0.5) is 5.69 Å². The molecule has 0 aliphatic heterocycles. The quantitative estimate of drug-likeness (QED) is 0.660. The van der Waals surface area contributed by atoms with Crippen LogP contribution in [0.3, 0.4) is 0 Å². The van der Waals surface area contributed by atoms with Gasteiger partial charge < -0.3 is 19.2 Å². The molecule has 1 N–H and O–H groups in total. The first-order valence-corrected chi connectivity index (χ1v) is 8.75. The Bertz CT molecular complexity index is 1020. The van der Waals surface area contributed by atoms with E-state index in [-0.39, 0.29) is 11.7 Å². The van der Waals surface area contributed by atoms with Gasteiger partial charge in [0, 0.05) is 17.5 Å². The third-order valence-electron chi connectivity index (χ3n) is 3.77. The monoisotopic (exact) mass is 367 g/mol. The number of carbonyl (C=O) groups is 1. The summed E-state index contributed by atoms with van der Waals surface area (Å²) in [5.41, 5.74) is 0.450. The van der Waals surface area contributed by atoms with Crippen LogP contribution in [0.2, 0.25) is 0 Å². The van der Waals surface area contributed by atoms with Gasteiger partial charge in [0.1, 0.15) is 17.1 Å². The van der Waals surface area contributed by atoms with Gasteiger partial charge in [0.25, 0.3) is 5.91 Å². The first-order valence-electron chi connectivity index (χ1n) is 8.75. The van der Waals surface area contributed by atoms with Crippen LogP contribution in [0.1, 0.15) is 31.1 Å². The third-order valence-corrected chi connectivity index (χ3v) is 3.77. The van der Waals surface area contributed by atoms with Crippen LogP contribution >= 0.6 is 0 Å². The Labute approximate surface area is 156 Å². The zero-order chi connectivity index (χ0) is 19.4. The van der Waals surface area contributed by atoms with Crippen LogP contribution in [0, 0.1) is 0 Å². The number of nitrogens with one attached hydrogen (secondary N) is 1. The number of amides is 1. The van der Waals surface area contributed by atoms with E-state index in [1.54, 1.807) is 36.4 Å². The van der Waals surface area contributed by atoms with Gasteiger partial charge in [-0.3, -0.25) is 4.79 Å². The molecule has 140 valence electrons. The summed E-state index contributed by atoms with van der Waals surface area (Å²) in [4.78, 5) is 24.8. The zero-order valence-electron chi connectivity index (χ0n) is 15.4. The lowest BCUT2D eigenvalue weighted by atomic mass is 10.1. The largest absolute Gasteiger partial charge is 0.492 e. The number of carbonyl (C=O) groups excluding carboxylic acids is 1. The van der Waals surface area contributed by atoms with Crippen molar-refractivity contribution in [3.05, 3.63) is 64.5 Å². The highest BCUT2D eigenvalue weighted by Crippen LogP contribution is 2.27. The number of anilines is 1. The second kappa shape index (κ2) is 7.95. The summed E-state index contributed by atoms with van der Waals surface area (Å²) in [6, 6.07) is 13.4. The average molecular weight is 367 g/mol. The molecule has 2 aromatic carbocycles. The minimum Gasteiger partial charge on any atom is -0.492 e. The molecule has 0 aliphatic carbocycles. The van der Waals surface area contributed by atoms with Gasteiger partial charge in [0.2, 0.25) is 0 Å². The molecule has 0 bridgehead atoms. The molecule has 0 aliphatic rings. The van der Waals surface area contributed by atoms with Crippen molar-refractivity contribution in [2.24, 2.45) is 0 Å². The van der Waals surface area contributed by atoms with Crippen LogP contribution in [0.5, 0.6) is 11.5 Å². The van der Waals surface area contributed by atoms with E-state index in [4.69, 9.17) is 13.9 Å². The van der Waals surface area contributed by atoms with E-state index in [9.17, 15) is 9.59 Å². The van der Waals surface area contributed by atoms with E-state index in [2.05, 4.69) is 5.32 Å². The highest BCUT2D eigenvalue weighted by Gasteiger charge is 2.16. The highest BCUT2D eigenvalue weighted by molar-refractivity contribution is 6.12. The number of hydrogen-bond acceptors (Lipinski definition) is 5. The molecule has 0 spiro atoms. The molecule has 1 amide bonds. The zero-order valence-corrected chi connectivity index (χ0v) is 15.4. The molecule has 27 heavy (non-hydrogen) atoms. The van der Waals surface area contributed by atoms with E-state index < -0.39 is 11.5 Å². The Hall–Kier alpha value is -3.28. The number of fused-ring (bicyclic) bond motifs is 1. The summed E-state index contributed by atoms with van der Waals surface area (Å²) < 4.78 is 16.4. The number of benzene rings is 2.